The van der Waals surface area contributed by atoms with Gasteiger partial charge < -0.3 is 8.98 Å². The molecule has 70 heavy (non-hydrogen) atoms. The monoisotopic (exact) mass is 885 g/mol. The van der Waals surface area contributed by atoms with Gasteiger partial charge in [0.05, 0.1) is 11.0 Å². The van der Waals surface area contributed by atoms with Crippen molar-refractivity contribution in [3.8, 4) is 39.1 Å². The van der Waals surface area contributed by atoms with Crippen LogP contribution in [-0.4, -0.2) is 4.57 Å². The Morgan fingerprint density at radius 1 is 0.257 bits per heavy atom. The standard InChI is InChI=1S/C68H39NO/c1-2-18-44(19-3-1)69-58-31-13-12-20-45(58)56-38-42(34-36-59(56)69)61-46-21-4-8-25-50(46)65(51-26-9-5-22-47(51)61)66-52-27-10-6-23-48(52)62(49-24-7-11-28-53(49)66)43-35-37-60-57(39-43)67-54-29-14-16-40-32-33-41-17-15-30-55(68(67)70-60)64(41)63(40)54/h1-39H. The fourth-order valence-corrected chi connectivity index (χ4v) is 12.7. The van der Waals surface area contributed by atoms with Crippen LogP contribution in [0.5, 0.6) is 0 Å². The Labute approximate surface area is 401 Å². The van der Waals surface area contributed by atoms with Gasteiger partial charge in [-0.3, -0.25) is 0 Å². The molecule has 0 fully saturated rings. The minimum Gasteiger partial charge on any atom is -0.455 e. The zero-order chi connectivity index (χ0) is 45.6. The van der Waals surface area contributed by atoms with E-state index in [4.69, 9.17) is 4.42 Å². The average molecular weight is 886 g/mol. The van der Waals surface area contributed by atoms with E-state index in [9.17, 15) is 0 Å². The van der Waals surface area contributed by atoms with Crippen LogP contribution in [0, 0.1) is 0 Å². The molecule has 0 radical (unpaired) electrons. The quantitative estimate of drug-likeness (QED) is 0.127. The van der Waals surface area contributed by atoms with Gasteiger partial charge in [0.1, 0.15) is 11.2 Å². The number of aromatic nitrogens is 1. The summed E-state index contributed by atoms with van der Waals surface area (Å²) >= 11 is 0. The molecule has 2 aromatic heterocycles. The molecular weight excluding hydrogens is 847 g/mol. The van der Waals surface area contributed by atoms with Gasteiger partial charge in [0.15, 0.2) is 0 Å². The number of fused-ring (bicyclic) bond motifs is 12. The second-order valence-electron chi connectivity index (χ2n) is 19.0. The van der Waals surface area contributed by atoms with Gasteiger partial charge in [0.2, 0.25) is 0 Å². The summed E-state index contributed by atoms with van der Waals surface area (Å²) in [7, 11) is 0. The molecular formula is C68H39NO. The number of hydrogen-bond donors (Lipinski definition) is 0. The van der Waals surface area contributed by atoms with E-state index in [-0.39, 0.29) is 0 Å². The first-order valence-electron chi connectivity index (χ1n) is 24.3. The Morgan fingerprint density at radius 3 is 1.26 bits per heavy atom. The lowest BCUT2D eigenvalue weighted by Gasteiger charge is -2.22. The minimum absolute atomic E-state index is 0.903. The van der Waals surface area contributed by atoms with Crippen molar-refractivity contribution in [3.05, 3.63) is 237 Å². The maximum atomic E-state index is 6.89. The molecule has 0 spiro atoms. The Hall–Kier alpha value is -9.24. The Bertz CT molecular complexity index is 4760. The summed E-state index contributed by atoms with van der Waals surface area (Å²) in [5.74, 6) is 0. The normalized spacial score (nSPS) is 12.3. The third-order valence-electron chi connectivity index (χ3n) is 15.5. The van der Waals surface area contributed by atoms with E-state index in [1.165, 1.54) is 131 Å². The first-order valence-corrected chi connectivity index (χ1v) is 24.3. The van der Waals surface area contributed by atoms with Gasteiger partial charge in [-0.2, -0.15) is 0 Å². The number of hydrogen-bond acceptors (Lipinski definition) is 1. The highest BCUT2D eigenvalue weighted by Gasteiger charge is 2.25. The second kappa shape index (κ2) is 14.1. The summed E-state index contributed by atoms with van der Waals surface area (Å²) in [5.41, 5.74) is 12.8. The topological polar surface area (TPSA) is 18.1 Å². The molecule has 16 rings (SSSR count). The van der Waals surface area contributed by atoms with Crippen LogP contribution >= 0.6 is 0 Å². The summed E-state index contributed by atoms with van der Waals surface area (Å²) in [4.78, 5) is 0. The fraction of sp³-hybridized carbons (Fsp3) is 0. The van der Waals surface area contributed by atoms with Crippen LogP contribution in [0.1, 0.15) is 0 Å². The first kappa shape index (κ1) is 37.8. The molecule has 14 aromatic carbocycles. The molecule has 0 saturated carbocycles. The Balaban J connectivity index is 0.965. The Kier molecular flexibility index (Phi) is 7.64. The van der Waals surface area contributed by atoms with Gasteiger partial charge in [-0.1, -0.05) is 194 Å². The summed E-state index contributed by atoms with van der Waals surface area (Å²) in [6.45, 7) is 0. The predicted octanol–water partition coefficient (Wildman–Crippen LogP) is 19.2. The lowest BCUT2D eigenvalue weighted by atomic mass is 9.81. The van der Waals surface area contributed by atoms with Crippen molar-refractivity contribution >= 4 is 119 Å². The van der Waals surface area contributed by atoms with Crippen LogP contribution in [-0.2, 0) is 0 Å². The number of rotatable bonds is 4. The van der Waals surface area contributed by atoms with Crippen LogP contribution in [0.15, 0.2) is 241 Å². The molecule has 0 aliphatic heterocycles. The summed E-state index contributed by atoms with van der Waals surface area (Å²) in [5, 5.41) is 22.1. The summed E-state index contributed by atoms with van der Waals surface area (Å²) < 4.78 is 9.29. The zero-order valence-corrected chi connectivity index (χ0v) is 37.9. The molecule has 0 bridgehead atoms. The number of furan rings is 1. The first-order chi connectivity index (χ1) is 34.8. The SMILES string of the molecule is c1ccc(-n2c3ccccc3c3cc(-c4c5ccccc5c(-c5c6ccccc6c(-c6ccc7oc8c9cccc%10ccc%11cccc(c8c7c6)c%11c%109)c6ccccc56)c5ccccc45)ccc32)cc1. The van der Waals surface area contributed by atoms with E-state index in [2.05, 4.69) is 241 Å². The molecule has 322 valence electrons. The largest absolute Gasteiger partial charge is 0.455 e. The van der Waals surface area contributed by atoms with Gasteiger partial charge in [0.25, 0.3) is 0 Å². The Morgan fingerprint density at radius 2 is 0.686 bits per heavy atom. The predicted molar refractivity (Wildman–Crippen MR) is 298 cm³/mol. The van der Waals surface area contributed by atoms with E-state index < -0.39 is 0 Å². The van der Waals surface area contributed by atoms with Crippen LogP contribution < -0.4 is 0 Å². The van der Waals surface area contributed by atoms with E-state index >= 15 is 0 Å². The van der Waals surface area contributed by atoms with Crippen molar-refractivity contribution in [1.82, 2.24) is 4.57 Å². The third-order valence-corrected chi connectivity index (χ3v) is 15.5. The highest BCUT2D eigenvalue weighted by molar-refractivity contribution is 6.37. The van der Waals surface area contributed by atoms with Crippen LogP contribution in [0.4, 0.5) is 0 Å². The minimum atomic E-state index is 0.903. The molecule has 0 amide bonds. The van der Waals surface area contributed by atoms with Crippen molar-refractivity contribution in [1.29, 1.82) is 0 Å². The molecule has 0 N–H and O–H groups in total. The lowest BCUT2D eigenvalue weighted by molar-refractivity contribution is 0.673. The average Bonchev–Trinajstić information content (AvgIpc) is 3.98. The van der Waals surface area contributed by atoms with E-state index in [1.807, 2.05) is 0 Å². The van der Waals surface area contributed by atoms with Crippen molar-refractivity contribution in [2.45, 2.75) is 0 Å². The van der Waals surface area contributed by atoms with Gasteiger partial charge >= 0.3 is 0 Å². The number of nitrogens with zero attached hydrogens (tertiary/aromatic N) is 1. The molecule has 0 saturated heterocycles. The molecule has 16 aromatic rings. The van der Waals surface area contributed by atoms with Crippen molar-refractivity contribution in [2.24, 2.45) is 0 Å². The third kappa shape index (κ3) is 5.06. The molecule has 2 nitrogen and oxygen atoms in total. The van der Waals surface area contributed by atoms with Crippen LogP contribution in [0.2, 0.25) is 0 Å². The zero-order valence-electron chi connectivity index (χ0n) is 37.9. The van der Waals surface area contributed by atoms with Crippen molar-refractivity contribution < 1.29 is 4.42 Å². The van der Waals surface area contributed by atoms with Crippen LogP contribution in [0.3, 0.4) is 0 Å². The molecule has 0 unspecified atom stereocenters. The van der Waals surface area contributed by atoms with E-state index in [0.717, 1.165) is 27.6 Å². The van der Waals surface area contributed by atoms with Gasteiger partial charge in [-0.15, -0.1) is 0 Å². The maximum Gasteiger partial charge on any atom is 0.143 e. The molecule has 0 atom stereocenters. The van der Waals surface area contributed by atoms with E-state index in [0.29, 0.717) is 0 Å². The summed E-state index contributed by atoms with van der Waals surface area (Å²) in [6.07, 6.45) is 0. The summed E-state index contributed by atoms with van der Waals surface area (Å²) in [6, 6.07) is 87.6. The molecule has 2 heterocycles. The van der Waals surface area contributed by atoms with Gasteiger partial charge in [0, 0.05) is 38.0 Å². The smallest absolute Gasteiger partial charge is 0.143 e. The fourth-order valence-electron chi connectivity index (χ4n) is 12.7. The lowest BCUT2D eigenvalue weighted by Crippen LogP contribution is -1.95. The van der Waals surface area contributed by atoms with Crippen LogP contribution in [0.25, 0.3) is 158 Å². The maximum absolute atomic E-state index is 6.89. The van der Waals surface area contributed by atoms with Gasteiger partial charge in [-0.25, -0.2) is 0 Å². The highest BCUT2D eigenvalue weighted by Crippen LogP contribution is 2.52. The van der Waals surface area contributed by atoms with Crippen molar-refractivity contribution in [2.75, 3.05) is 0 Å². The highest BCUT2D eigenvalue weighted by atomic mass is 16.3. The molecule has 0 aliphatic rings. The number of benzene rings is 14. The van der Waals surface area contributed by atoms with Gasteiger partial charge in [-0.05, 0) is 140 Å². The molecule has 2 heteroatoms. The second-order valence-corrected chi connectivity index (χ2v) is 19.0. The van der Waals surface area contributed by atoms with Crippen molar-refractivity contribution in [3.63, 3.8) is 0 Å². The molecule has 0 aliphatic carbocycles. The van der Waals surface area contributed by atoms with E-state index in [1.54, 1.807) is 0 Å². The number of para-hydroxylation sites is 2.